The minimum atomic E-state index is -0.367. The molecule has 0 bridgehead atoms. The van der Waals surface area contributed by atoms with Gasteiger partial charge in [0.15, 0.2) is 5.13 Å². The number of benzene rings is 1. The van der Waals surface area contributed by atoms with E-state index in [0.717, 1.165) is 16.1 Å². The third kappa shape index (κ3) is 5.97. The molecule has 0 fully saturated rings. The summed E-state index contributed by atoms with van der Waals surface area (Å²) in [6, 6.07) is 10.7. The highest BCUT2D eigenvalue weighted by Gasteiger charge is 2.19. The van der Waals surface area contributed by atoms with Crippen LogP contribution in [0.25, 0.3) is 11.3 Å². The van der Waals surface area contributed by atoms with Crippen LogP contribution in [0.15, 0.2) is 47.2 Å². The molecule has 0 aliphatic carbocycles. The van der Waals surface area contributed by atoms with Gasteiger partial charge in [0.2, 0.25) is 17.7 Å². The largest absolute Gasteiger partial charge is 0.348 e. The summed E-state index contributed by atoms with van der Waals surface area (Å²) < 4.78 is 0. The number of hydrogen-bond donors (Lipinski definition) is 3. The summed E-state index contributed by atoms with van der Waals surface area (Å²) in [4.78, 5) is 40.4. The first-order valence-electron chi connectivity index (χ1n) is 8.84. The molecular formula is C20H20N4O3S2. The first kappa shape index (κ1) is 20.7. The van der Waals surface area contributed by atoms with Crippen molar-refractivity contribution in [3.63, 3.8) is 0 Å². The van der Waals surface area contributed by atoms with Crippen LogP contribution in [-0.2, 0) is 14.4 Å². The molecule has 0 spiro atoms. The molecule has 1 atom stereocenters. The molecule has 0 unspecified atom stereocenters. The van der Waals surface area contributed by atoms with Gasteiger partial charge in [-0.1, -0.05) is 18.2 Å². The molecule has 0 saturated carbocycles. The van der Waals surface area contributed by atoms with Crippen molar-refractivity contribution in [2.45, 2.75) is 26.3 Å². The van der Waals surface area contributed by atoms with Gasteiger partial charge in [0, 0.05) is 35.4 Å². The van der Waals surface area contributed by atoms with Gasteiger partial charge in [0.25, 0.3) is 0 Å². The van der Waals surface area contributed by atoms with Gasteiger partial charge in [-0.15, -0.1) is 22.7 Å². The fourth-order valence-corrected chi connectivity index (χ4v) is 4.22. The molecule has 2 heterocycles. The van der Waals surface area contributed by atoms with E-state index in [4.69, 9.17) is 0 Å². The van der Waals surface area contributed by atoms with Gasteiger partial charge in [0.05, 0.1) is 18.2 Å². The number of amides is 3. The van der Waals surface area contributed by atoms with E-state index in [1.807, 2.05) is 35.0 Å². The van der Waals surface area contributed by atoms with Crippen molar-refractivity contribution in [2.24, 2.45) is 0 Å². The molecule has 0 aliphatic rings. The normalized spacial score (nSPS) is 11.5. The van der Waals surface area contributed by atoms with Crippen LogP contribution in [0.3, 0.4) is 0 Å². The zero-order valence-corrected chi connectivity index (χ0v) is 17.5. The average Bonchev–Trinajstić information content (AvgIpc) is 3.33. The molecule has 0 aliphatic heterocycles. The van der Waals surface area contributed by atoms with E-state index in [-0.39, 0.29) is 30.2 Å². The smallest absolute Gasteiger partial charge is 0.228 e. The molecule has 9 heteroatoms. The van der Waals surface area contributed by atoms with Crippen LogP contribution < -0.4 is 16.0 Å². The van der Waals surface area contributed by atoms with Crippen LogP contribution >= 0.6 is 22.7 Å². The molecule has 7 nitrogen and oxygen atoms in total. The summed E-state index contributed by atoms with van der Waals surface area (Å²) in [5.74, 6) is -0.536. The Bertz CT molecular complexity index is 997. The summed E-state index contributed by atoms with van der Waals surface area (Å²) in [5.41, 5.74) is 2.32. The number of anilines is 2. The molecule has 3 aromatic rings. The molecule has 3 rings (SSSR count). The van der Waals surface area contributed by atoms with E-state index >= 15 is 0 Å². The number of rotatable bonds is 7. The highest BCUT2D eigenvalue weighted by atomic mass is 32.1. The van der Waals surface area contributed by atoms with Crippen molar-refractivity contribution in [2.75, 3.05) is 10.6 Å². The molecular weight excluding hydrogens is 408 g/mol. The average molecular weight is 429 g/mol. The second-order valence-electron chi connectivity index (χ2n) is 6.32. The second kappa shape index (κ2) is 9.44. The summed E-state index contributed by atoms with van der Waals surface area (Å²) >= 11 is 2.82. The molecule has 3 N–H and O–H groups in total. The molecule has 3 amide bonds. The Morgan fingerprint density at radius 1 is 1.00 bits per heavy atom. The quantitative estimate of drug-likeness (QED) is 0.529. The molecule has 29 heavy (non-hydrogen) atoms. The van der Waals surface area contributed by atoms with Gasteiger partial charge in [-0.3, -0.25) is 14.4 Å². The van der Waals surface area contributed by atoms with Crippen LogP contribution in [0.5, 0.6) is 0 Å². The molecule has 2 aromatic heterocycles. The van der Waals surface area contributed by atoms with E-state index in [2.05, 4.69) is 20.9 Å². The zero-order chi connectivity index (χ0) is 20.8. The molecule has 0 saturated heterocycles. The monoisotopic (exact) mass is 428 g/mol. The van der Waals surface area contributed by atoms with E-state index in [1.165, 1.54) is 36.5 Å². The molecule has 150 valence electrons. The number of hydrogen-bond acceptors (Lipinski definition) is 6. The van der Waals surface area contributed by atoms with Crippen molar-refractivity contribution in [3.8, 4) is 11.3 Å². The standard InChI is InChI=1S/C20H20N4O3S2/c1-12(25)21-15-7-5-14(6-8-15)17-11-29-20(23-17)24-19(27)10-16(22-13(2)26)18-4-3-9-28-18/h3-9,11,16H,10H2,1-2H3,(H,21,25)(H,22,26)(H,23,24,27)/t16-/m1/s1. The van der Waals surface area contributed by atoms with Crippen LogP contribution in [0.4, 0.5) is 10.8 Å². The van der Waals surface area contributed by atoms with Gasteiger partial charge in [0.1, 0.15) is 0 Å². The van der Waals surface area contributed by atoms with Crippen molar-refractivity contribution in [3.05, 3.63) is 52.0 Å². The molecule has 1 aromatic carbocycles. The molecule has 0 radical (unpaired) electrons. The third-order valence-corrected chi connectivity index (χ3v) is 5.65. The fourth-order valence-electron chi connectivity index (χ4n) is 2.70. The minimum absolute atomic E-state index is 0.125. The Morgan fingerprint density at radius 2 is 1.76 bits per heavy atom. The number of carbonyl (C=O) groups excluding carboxylic acids is 3. The maximum atomic E-state index is 12.5. The summed E-state index contributed by atoms with van der Waals surface area (Å²) in [6.45, 7) is 2.89. The van der Waals surface area contributed by atoms with E-state index < -0.39 is 0 Å². The van der Waals surface area contributed by atoms with Crippen LogP contribution in [0, 0.1) is 0 Å². The lowest BCUT2D eigenvalue weighted by atomic mass is 10.1. The predicted molar refractivity (Wildman–Crippen MR) is 116 cm³/mol. The lowest BCUT2D eigenvalue weighted by Crippen LogP contribution is -2.29. The first-order chi connectivity index (χ1) is 13.9. The Hall–Kier alpha value is -3.04. The maximum Gasteiger partial charge on any atom is 0.228 e. The topological polar surface area (TPSA) is 100 Å². The van der Waals surface area contributed by atoms with Crippen LogP contribution in [0.1, 0.15) is 31.2 Å². The maximum absolute atomic E-state index is 12.5. The van der Waals surface area contributed by atoms with Crippen molar-refractivity contribution < 1.29 is 14.4 Å². The number of aromatic nitrogens is 1. The predicted octanol–water partition coefficient (Wildman–Crippen LogP) is 4.04. The summed E-state index contributed by atoms with van der Waals surface area (Å²) in [5, 5.41) is 12.6. The van der Waals surface area contributed by atoms with Crippen LogP contribution in [-0.4, -0.2) is 22.7 Å². The second-order valence-corrected chi connectivity index (χ2v) is 8.15. The highest BCUT2D eigenvalue weighted by molar-refractivity contribution is 7.14. The number of thiazole rings is 1. The zero-order valence-electron chi connectivity index (χ0n) is 15.9. The van der Waals surface area contributed by atoms with Gasteiger partial charge in [-0.25, -0.2) is 4.98 Å². The highest BCUT2D eigenvalue weighted by Crippen LogP contribution is 2.27. The number of nitrogens with one attached hydrogen (secondary N) is 3. The summed E-state index contributed by atoms with van der Waals surface area (Å²) in [6.07, 6.45) is 0.125. The minimum Gasteiger partial charge on any atom is -0.348 e. The third-order valence-electron chi connectivity index (χ3n) is 3.91. The van der Waals surface area contributed by atoms with E-state index in [1.54, 1.807) is 12.1 Å². The lowest BCUT2D eigenvalue weighted by molar-refractivity contribution is -0.120. The van der Waals surface area contributed by atoms with Gasteiger partial charge in [-0.2, -0.15) is 0 Å². The van der Waals surface area contributed by atoms with Crippen molar-refractivity contribution in [1.29, 1.82) is 0 Å². The van der Waals surface area contributed by atoms with Crippen molar-refractivity contribution in [1.82, 2.24) is 10.3 Å². The van der Waals surface area contributed by atoms with Gasteiger partial charge < -0.3 is 16.0 Å². The Kier molecular flexibility index (Phi) is 6.73. The van der Waals surface area contributed by atoms with E-state index in [9.17, 15) is 14.4 Å². The van der Waals surface area contributed by atoms with Crippen molar-refractivity contribution >= 4 is 51.2 Å². The van der Waals surface area contributed by atoms with Gasteiger partial charge >= 0.3 is 0 Å². The fraction of sp³-hybridized carbons (Fsp3) is 0.200. The Morgan fingerprint density at radius 3 is 2.38 bits per heavy atom. The van der Waals surface area contributed by atoms with Gasteiger partial charge in [-0.05, 0) is 23.6 Å². The number of nitrogens with zero attached hydrogens (tertiary/aromatic N) is 1. The lowest BCUT2D eigenvalue weighted by Gasteiger charge is -2.15. The first-order valence-corrected chi connectivity index (χ1v) is 10.6. The number of carbonyl (C=O) groups is 3. The van der Waals surface area contributed by atoms with Crippen LogP contribution in [0.2, 0.25) is 0 Å². The Balaban J connectivity index is 1.63. The Labute approximate surface area is 176 Å². The summed E-state index contributed by atoms with van der Waals surface area (Å²) in [7, 11) is 0. The SMILES string of the molecule is CC(=O)Nc1ccc(-c2csc(NC(=O)C[C@@H](NC(C)=O)c3cccs3)n2)cc1. The van der Waals surface area contributed by atoms with E-state index in [0.29, 0.717) is 10.8 Å². The number of thiophene rings is 1.